The summed E-state index contributed by atoms with van der Waals surface area (Å²) in [4.78, 5) is 41.9. The normalized spacial score (nSPS) is 16.5. The predicted octanol–water partition coefficient (Wildman–Crippen LogP) is 6.96. The molecule has 1 fully saturated rings. The van der Waals surface area contributed by atoms with E-state index in [-0.39, 0.29) is 30.1 Å². The van der Waals surface area contributed by atoms with Gasteiger partial charge in [0.1, 0.15) is 11.9 Å². The second kappa shape index (κ2) is 16.1. The zero-order valence-electron chi connectivity index (χ0n) is 29.7. The second-order valence-electron chi connectivity index (χ2n) is 14.3. The second-order valence-corrected chi connectivity index (χ2v) is 14.3. The molecular weight excluding hydrogens is 666 g/mol. The number of nitrogens with one attached hydrogen (secondary N) is 1. The number of fused-ring (bicyclic) bond motifs is 1. The highest BCUT2D eigenvalue weighted by molar-refractivity contribution is 5.82. The number of carbonyl (C=O) groups excluding carboxylic acids is 1. The number of carbonyl (C=O) groups is 2. The number of ether oxygens (including phenoxy) is 1. The van der Waals surface area contributed by atoms with Gasteiger partial charge in [0.25, 0.3) is 5.56 Å². The Morgan fingerprint density at radius 1 is 1.00 bits per heavy atom. The molecule has 0 bridgehead atoms. The van der Waals surface area contributed by atoms with Gasteiger partial charge in [-0.1, -0.05) is 19.9 Å². The first kappa shape index (κ1) is 38.2. The monoisotopic (exact) mass is 713 g/mol. The number of nitrogens with zero attached hydrogens (tertiary/aromatic N) is 2. The average Bonchev–Trinajstić information content (AvgIpc) is 3.36. The molecule has 276 valence electrons. The van der Waals surface area contributed by atoms with Gasteiger partial charge in [-0.3, -0.25) is 14.4 Å². The van der Waals surface area contributed by atoms with Crippen molar-refractivity contribution in [3.63, 3.8) is 0 Å². The number of carboxylic acids is 1. The third-order valence-electron chi connectivity index (χ3n) is 9.92. The highest BCUT2D eigenvalue weighted by atomic mass is 19.4. The number of halogens is 4. The molecule has 5 rings (SSSR count). The van der Waals surface area contributed by atoms with Crippen LogP contribution in [0.2, 0.25) is 0 Å². The molecule has 1 aromatic heterocycles. The van der Waals surface area contributed by atoms with Crippen LogP contribution >= 0.6 is 0 Å². The largest absolute Gasteiger partial charge is 0.481 e. The lowest BCUT2D eigenvalue weighted by Crippen LogP contribution is -2.40. The molecule has 2 atom stereocenters. The smallest absolute Gasteiger partial charge is 0.416 e. The van der Waals surface area contributed by atoms with Crippen molar-refractivity contribution in [2.75, 3.05) is 32.8 Å². The van der Waals surface area contributed by atoms with Gasteiger partial charge in [-0.25, -0.2) is 4.39 Å². The number of aliphatic carboxylic acids is 1. The van der Waals surface area contributed by atoms with Crippen molar-refractivity contribution in [2.45, 2.75) is 90.9 Å². The van der Waals surface area contributed by atoms with Crippen LogP contribution in [-0.2, 0) is 39.8 Å². The van der Waals surface area contributed by atoms with E-state index in [1.54, 1.807) is 0 Å². The van der Waals surface area contributed by atoms with Gasteiger partial charge in [0.05, 0.1) is 24.6 Å². The minimum Gasteiger partial charge on any atom is -0.481 e. The number of carboxylic acid groups (broad SMARTS) is 1. The van der Waals surface area contributed by atoms with Gasteiger partial charge < -0.3 is 24.6 Å². The van der Waals surface area contributed by atoms with Crippen LogP contribution in [0.25, 0.3) is 11.1 Å². The van der Waals surface area contributed by atoms with E-state index >= 15 is 0 Å². The lowest BCUT2D eigenvalue weighted by Gasteiger charge is -2.27. The van der Waals surface area contributed by atoms with Crippen LogP contribution < -0.4 is 10.9 Å². The summed E-state index contributed by atoms with van der Waals surface area (Å²) in [5, 5.41) is 12.8. The topological polar surface area (TPSA) is 101 Å². The van der Waals surface area contributed by atoms with Crippen molar-refractivity contribution in [3.8, 4) is 11.1 Å². The first-order valence-electron chi connectivity index (χ1n) is 17.7. The fourth-order valence-corrected chi connectivity index (χ4v) is 7.58. The molecule has 2 N–H and O–H groups in total. The molecule has 8 nitrogen and oxygen atoms in total. The Labute approximate surface area is 295 Å². The summed E-state index contributed by atoms with van der Waals surface area (Å²) in [5.74, 6) is -2.31. The molecule has 12 heteroatoms. The Bertz CT molecular complexity index is 1790. The lowest BCUT2D eigenvalue weighted by atomic mass is 9.87. The molecule has 51 heavy (non-hydrogen) atoms. The van der Waals surface area contributed by atoms with Crippen LogP contribution in [0.5, 0.6) is 0 Å². The van der Waals surface area contributed by atoms with Crippen molar-refractivity contribution in [3.05, 3.63) is 91.6 Å². The summed E-state index contributed by atoms with van der Waals surface area (Å²) in [5.41, 5.74) is 3.77. The maximum atomic E-state index is 14.3. The first-order chi connectivity index (χ1) is 24.1. The Hall–Kier alpha value is -4.03. The molecule has 1 saturated heterocycles. The third-order valence-corrected chi connectivity index (χ3v) is 9.92. The Morgan fingerprint density at radius 3 is 2.39 bits per heavy atom. The number of pyridine rings is 1. The fraction of sp³-hybridized carbons (Fsp3) is 0.513. The maximum Gasteiger partial charge on any atom is 0.416 e. The van der Waals surface area contributed by atoms with Gasteiger partial charge in [0.15, 0.2) is 0 Å². The molecule has 1 aliphatic heterocycles. The quantitative estimate of drug-likeness (QED) is 0.197. The Morgan fingerprint density at radius 2 is 1.73 bits per heavy atom. The molecule has 2 aromatic carbocycles. The summed E-state index contributed by atoms with van der Waals surface area (Å²) >= 11 is 0. The van der Waals surface area contributed by atoms with E-state index in [1.807, 2.05) is 44.7 Å². The third kappa shape index (κ3) is 9.26. The van der Waals surface area contributed by atoms with E-state index in [4.69, 9.17) is 4.74 Å². The van der Waals surface area contributed by atoms with Crippen molar-refractivity contribution in [2.24, 2.45) is 5.92 Å². The molecular formula is C39H47F4N3O5. The van der Waals surface area contributed by atoms with Gasteiger partial charge in [-0.15, -0.1) is 0 Å². The molecule has 1 amide bonds. The van der Waals surface area contributed by atoms with Gasteiger partial charge in [0, 0.05) is 38.5 Å². The van der Waals surface area contributed by atoms with Crippen molar-refractivity contribution >= 4 is 11.9 Å². The minimum atomic E-state index is -4.77. The number of amides is 1. The highest BCUT2D eigenvalue weighted by Gasteiger charge is 2.36. The Balaban J connectivity index is 1.53. The van der Waals surface area contributed by atoms with E-state index < -0.39 is 47.7 Å². The number of rotatable bonds is 12. The van der Waals surface area contributed by atoms with Crippen LogP contribution in [0.15, 0.2) is 41.3 Å². The van der Waals surface area contributed by atoms with E-state index in [2.05, 4.69) is 5.32 Å². The summed E-state index contributed by atoms with van der Waals surface area (Å²) in [6, 6.07) is 5.04. The van der Waals surface area contributed by atoms with Gasteiger partial charge in [-0.05, 0) is 121 Å². The molecule has 3 aromatic rings. The standard InChI is InChI=1S/C39H47F4N3O5/c1-23(2)15-34(46-22-27(32(20-35(46)47)39(41,42)43)9-11-45-10-6-13-51-14-12-45)38(50)44-33(21-36(48)49)28-18-26-7-5-8-30(26)31(19-28)37-24(3)16-29(40)17-25(37)4/h16-20,22-23,33-34H,5-15,21H2,1-4H3,(H,44,50)(H,48,49)/t33-,34-/m1/s1. The molecule has 2 heterocycles. The minimum absolute atomic E-state index is 0.00685. The Kier molecular flexibility index (Phi) is 12.1. The van der Waals surface area contributed by atoms with Crippen molar-refractivity contribution in [1.29, 1.82) is 0 Å². The number of aromatic nitrogens is 1. The molecule has 2 aliphatic rings. The van der Waals surface area contributed by atoms with Gasteiger partial charge in [-0.2, -0.15) is 13.2 Å². The zero-order chi connectivity index (χ0) is 37.0. The first-order valence-corrected chi connectivity index (χ1v) is 17.7. The van der Waals surface area contributed by atoms with E-state index in [0.717, 1.165) is 69.8 Å². The summed E-state index contributed by atoms with van der Waals surface area (Å²) in [7, 11) is 0. The molecule has 0 unspecified atom stereocenters. The number of hydrogen-bond donors (Lipinski definition) is 2. The van der Waals surface area contributed by atoms with Crippen LogP contribution in [0.1, 0.15) is 90.6 Å². The van der Waals surface area contributed by atoms with Crippen LogP contribution in [0, 0.1) is 25.6 Å². The summed E-state index contributed by atoms with van der Waals surface area (Å²) < 4.78 is 63.5. The van der Waals surface area contributed by atoms with Gasteiger partial charge in [0.2, 0.25) is 5.91 Å². The molecule has 1 aliphatic carbocycles. The van der Waals surface area contributed by atoms with E-state index in [9.17, 15) is 37.1 Å². The van der Waals surface area contributed by atoms with Gasteiger partial charge >= 0.3 is 12.1 Å². The fourth-order valence-electron chi connectivity index (χ4n) is 7.58. The van der Waals surface area contributed by atoms with Crippen LogP contribution in [0.3, 0.4) is 0 Å². The van der Waals surface area contributed by atoms with Crippen LogP contribution in [-0.4, -0.2) is 59.3 Å². The van der Waals surface area contributed by atoms with E-state index in [1.165, 1.54) is 12.1 Å². The number of aryl methyl sites for hydroxylation is 3. The summed E-state index contributed by atoms with van der Waals surface area (Å²) in [6.07, 6.45) is -0.735. The summed E-state index contributed by atoms with van der Waals surface area (Å²) in [6.45, 7) is 9.97. The van der Waals surface area contributed by atoms with E-state index in [0.29, 0.717) is 44.5 Å². The maximum absolute atomic E-state index is 14.3. The molecule has 0 saturated carbocycles. The molecule has 0 radical (unpaired) electrons. The number of alkyl halides is 3. The van der Waals surface area contributed by atoms with Crippen molar-refractivity contribution in [1.82, 2.24) is 14.8 Å². The number of hydrogen-bond acceptors (Lipinski definition) is 5. The SMILES string of the molecule is Cc1cc(F)cc(C)c1-c1cc([C@@H](CC(=O)O)NC(=O)[C@@H](CC(C)C)n2cc(CCN3CCCOCC3)c(C(F)(F)F)cc2=O)cc2c1CCC2. The van der Waals surface area contributed by atoms with Crippen LogP contribution in [0.4, 0.5) is 17.6 Å². The molecule has 0 spiro atoms. The lowest BCUT2D eigenvalue weighted by molar-refractivity contribution is -0.139. The zero-order valence-corrected chi connectivity index (χ0v) is 29.7. The van der Waals surface area contributed by atoms with Crippen molar-refractivity contribution < 1.29 is 37.0 Å². The highest BCUT2D eigenvalue weighted by Crippen LogP contribution is 2.39. The predicted molar refractivity (Wildman–Crippen MR) is 186 cm³/mol. The average molecular weight is 714 g/mol. The number of benzene rings is 2.